The predicted octanol–water partition coefficient (Wildman–Crippen LogP) is 0.181. The number of hydrogen-bond acceptors (Lipinski definition) is 6. The van der Waals surface area contributed by atoms with Gasteiger partial charge in [0.2, 0.25) is 0 Å². The van der Waals surface area contributed by atoms with Gasteiger partial charge >= 0.3 is 11.9 Å². The molecule has 0 unspecified atom stereocenters. The van der Waals surface area contributed by atoms with Gasteiger partial charge in [-0.1, -0.05) is 36.4 Å². The number of aromatic carboxylic acids is 2. The number of hydrogen-bond donors (Lipinski definition) is 6. The fourth-order valence-corrected chi connectivity index (χ4v) is 3.17. The minimum atomic E-state index is -1.22. The topological polar surface area (TPSA) is 331 Å². The molecule has 0 atom stereocenters. The van der Waals surface area contributed by atoms with E-state index < -0.39 is 23.4 Å². The summed E-state index contributed by atoms with van der Waals surface area (Å²) >= 11 is 0. The van der Waals surface area contributed by atoms with Gasteiger partial charge in [0.25, 0.3) is 11.8 Å². The Kier molecular flexibility index (Phi) is 23.2. The molecule has 16 heteroatoms. The van der Waals surface area contributed by atoms with Crippen molar-refractivity contribution < 1.29 is 67.0 Å². The Morgan fingerprint density at radius 1 is 0.477 bits per heavy atom. The Morgan fingerprint density at radius 3 is 1.02 bits per heavy atom. The van der Waals surface area contributed by atoms with Crippen LogP contribution in [-0.4, -0.2) is 109 Å². The van der Waals surface area contributed by atoms with Crippen molar-refractivity contribution in [3.8, 4) is 11.5 Å². The van der Waals surface area contributed by atoms with E-state index in [4.69, 9.17) is 10.2 Å². The number of carbonyl (C=O) groups is 4. The fourth-order valence-electron chi connectivity index (χ4n) is 3.17. The number of aromatic hydroxyl groups is 2. The molecular formula is C28H32CaN2O13. The molecule has 0 saturated heterocycles. The molecule has 44 heavy (non-hydrogen) atoms. The van der Waals surface area contributed by atoms with Crippen molar-refractivity contribution in [3.05, 3.63) is 119 Å². The van der Waals surface area contributed by atoms with Crippen LogP contribution >= 0.6 is 0 Å². The molecule has 4 rings (SSSR count). The second-order valence-corrected chi connectivity index (χ2v) is 7.71. The SMILES string of the molecule is O.O.O.O.O.O=C(Nc1ccc(C(=O)O)c(O)c1)c1ccccc1.O=C(Nc1ccc(C(=O)O)c(O)c1)c1ccccc1.[Ca]. The van der Waals surface area contributed by atoms with Crippen LogP contribution in [0.1, 0.15) is 41.4 Å². The zero-order valence-corrected chi connectivity index (χ0v) is 25.1. The smallest absolute Gasteiger partial charge is 0.339 e. The van der Waals surface area contributed by atoms with Crippen LogP contribution in [0.2, 0.25) is 0 Å². The number of benzene rings is 4. The molecule has 0 heterocycles. The van der Waals surface area contributed by atoms with E-state index in [1.165, 1.54) is 36.4 Å². The molecule has 234 valence electrons. The quantitative estimate of drug-likeness (QED) is 0.157. The van der Waals surface area contributed by atoms with Crippen LogP contribution in [0, 0.1) is 0 Å². The molecule has 0 aliphatic carbocycles. The molecule has 0 saturated carbocycles. The molecule has 16 N–H and O–H groups in total. The Bertz CT molecular complexity index is 1370. The van der Waals surface area contributed by atoms with E-state index in [2.05, 4.69) is 10.6 Å². The minimum Gasteiger partial charge on any atom is -0.507 e. The molecule has 15 nitrogen and oxygen atoms in total. The molecule has 0 fully saturated rings. The molecule has 4 aromatic rings. The molecule has 2 amide bonds. The van der Waals surface area contributed by atoms with Crippen LogP contribution < -0.4 is 10.6 Å². The van der Waals surface area contributed by atoms with Crippen molar-refractivity contribution in [3.63, 3.8) is 0 Å². The van der Waals surface area contributed by atoms with Crippen LogP contribution in [0.4, 0.5) is 11.4 Å². The summed E-state index contributed by atoms with van der Waals surface area (Å²) in [5.74, 6) is -3.89. The number of anilines is 2. The molecule has 0 spiro atoms. The van der Waals surface area contributed by atoms with Gasteiger partial charge in [0.05, 0.1) is 0 Å². The summed E-state index contributed by atoms with van der Waals surface area (Å²) in [6.07, 6.45) is 0. The predicted molar refractivity (Wildman–Crippen MR) is 163 cm³/mol. The van der Waals surface area contributed by atoms with Gasteiger partial charge in [0, 0.05) is 72.4 Å². The maximum absolute atomic E-state index is 11.8. The van der Waals surface area contributed by atoms with E-state index in [0.717, 1.165) is 0 Å². The van der Waals surface area contributed by atoms with E-state index in [1.807, 2.05) is 0 Å². The Labute approximate surface area is 280 Å². The van der Waals surface area contributed by atoms with Crippen LogP contribution in [0.15, 0.2) is 97.1 Å². The van der Waals surface area contributed by atoms with E-state index >= 15 is 0 Å². The number of rotatable bonds is 6. The van der Waals surface area contributed by atoms with Crippen molar-refractivity contribution in [2.24, 2.45) is 0 Å². The third-order valence-corrected chi connectivity index (χ3v) is 5.04. The summed E-state index contributed by atoms with van der Waals surface area (Å²) in [7, 11) is 0. The van der Waals surface area contributed by atoms with Gasteiger partial charge in [-0.3, -0.25) is 9.59 Å². The number of phenols is 2. The van der Waals surface area contributed by atoms with E-state index in [9.17, 15) is 29.4 Å². The third kappa shape index (κ3) is 13.2. The second-order valence-electron chi connectivity index (χ2n) is 7.71. The Morgan fingerprint density at radius 2 is 0.773 bits per heavy atom. The Hall–Kier alpha value is -4.58. The summed E-state index contributed by atoms with van der Waals surface area (Å²) in [5, 5.41) is 41.7. The van der Waals surface area contributed by atoms with Gasteiger partial charge in [-0.2, -0.15) is 0 Å². The average Bonchev–Trinajstić information content (AvgIpc) is 2.90. The molecule has 0 aromatic heterocycles. The van der Waals surface area contributed by atoms with Crippen molar-refractivity contribution in [2.75, 3.05) is 10.6 Å². The van der Waals surface area contributed by atoms with E-state index in [1.54, 1.807) is 60.7 Å². The summed E-state index contributed by atoms with van der Waals surface area (Å²) in [4.78, 5) is 45.1. The van der Waals surface area contributed by atoms with Crippen LogP contribution in [-0.2, 0) is 0 Å². The van der Waals surface area contributed by atoms with Crippen molar-refractivity contribution >= 4 is 72.9 Å². The number of carbonyl (C=O) groups excluding carboxylic acids is 2. The first kappa shape index (κ1) is 46.4. The van der Waals surface area contributed by atoms with Crippen LogP contribution in [0.3, 0.4) is 0 Å². The minimum absolute atomic E-state index is 0. The molecule has 4 aromatic carbocycles. The maximum Gasteiger partial charge on any atom is 0.339 e. The molecular weight excluding hydrogens is 612 g/mol. The average molecular weight is 645 g/mol. The van der Waals surface area contributed by atoms with Gasteiger partial charge in [0.1, 0.15) is 22.6 Å². The van der Waals surface area contributed by atoms with Crippen LogP contribution in [0.25, 0.3) is 0 Å². The molecule has 0 aliphatic rings. The van der Waals surface area contributed by atoms with E-state index in [-0.39, 0.29) is 88.1 Å². The summed E-state index contributed by atoms with van der Waals surface area (Å²) in [6, 6.07) is 24.9. The largest absolute Gasteiger partial charge is 0.507 e. The first-order valence-electron chi connectivity index (χ1n) is 11.0. The van der Waals surface area contributed by atoms with E-state index in [0.29, 0.717) is 22.5 Å². The monoisotopic (exact) mass is 644 g/mol. The zero-order valence-electron chi connectivity index (χ0n) is 22.9. The van der Waals surface area contributed by atoms with Gasteiger partial charge in [-0.15, -0.1) is 0 Å². The zero-order chi connectivity index (χ0) is 27.7. The van der Waals surface area contributed by atoms with Crippen LogP contribution in [0.5, 0.6) is 11.5 Å². The number of amides is 2. The van der Waals surface area contributed by atoms with Crippen molar-refractivity contribution in [1.82, 2.24) is 0 Å². The van der Waals surface area contributed by atoms with Gasteiger partial charge in [0.15, 0.2) is 0 Å². The summed E-state index contributed by atoms with van der Waals surface area (Å²) in [6.45, 7) is 0. The Balaban J connectivity index is -0.000000320. The van der Waals surface area contributed by atoms with Gasteiger partial charge in [-0.05, 0) is 48.5 Å². The normalized spacial score (nSPS) is 8.55. The fraction of sp³-hybridized carbons (Fsp3) is 0. The van der Waals surface area contributed by atoms with Gasteiger partial charge in [-0.25, -0.2) is 9.59 Å². The first-order valence-corrected chi connectivity index (χ1v) is 11.0. The number of carboxylic acid groups (broad SMARTS) is 2. The number of nitrogens with one attached hydrogen (secondary N) is 2. The van der Waals surface area contributed by atoms with Gasteiger partial charge < -0.3 is 58.4 Å². The first-order chi connectivity index (χ1) is 18.2. The number of carboxylic acids is 2. The van der Waals surface area contributed by atoms with Crippen molar-refractivity contribution in [1.29, 1.82) is 0 Å². The second kappa shape index (κ2) is 22.0. The molecule has 2 radical (unpaired) electrons. The van der Waals surface area contributed by atoms with Crippen molar-refractivity contribution in [2.45, 2.75) is 0 Å². The summed E-state index contributed by atoms with van der Waals surface area (Å²) < 4.78 is 0. The molecule has 0 aliphatic heterocycles. The maximum atomic E-state index is 11.8. The molecule has 0 bridgehead atoms. The third-order valence-electron chi connectivity index (χ3n) is 5.04. The standard InChI is InChI=1S/2C14H11NO4.Ca.5H2O/c2*16-12-8-10(6-7-11(12)14(18)19)15-13(17)9-4-2-1-3-5-9;;;;;;/h2*1-8,16H,(H,15,17)(H,18,19);;5*1H2. The summed E-state index contributed by atoms with van der Waals surface area (Å²) in [5.41, 5.74) is 1.19.